The summed E-state index contributed by atoms with van der Waals surface area (Å²) in [4.78, 5) is 36.7. The van der Waals surface area contributed by atoms with Crippen LogP contribution in [0.3, 0.4) is 0 Å². The van der Waals surface area contributed by atoms with E-state index in [9.17, 15) is 45.0 Å². The molecule has 0 bridgehead atoms. The lowest BCUT2D eigenvalue weighted by Gasteiger charge is -2.22. The molecule has 12 heteroatoms. The molecule has 3 atom stereocenters. The molecule has 1 aliphatic rings. The van der Waals surface area contributed by atoms with Crippen LogP contribution in [0.2, 0.25) is 0 Å². The topological polar surface area (TPSA) is 211 Å². The van der Waals surface area contributed by atoms with Gasteiger partial charge in [-0.1, -0.05) is 18.2 Å². The molecule has 202 valence electrons. The fraction of sp³-hybridized carbons (Fsp3) is 0.148. The lowest BCUT2D eigenvalue weighted by atomic mass is 9.87. The van der Waals surface area contributed by atoms with Gasteiger partial charge in [0.2, 0.25) is 6.10 Å². The smallest absolute Gasteiger partial charge is 0.345 e. The molecule has 0 fully saturated rings. The van der Waals surface area contributed by atoms with Crippen molar-refractivity contribution in [2.24, 2.45) is 0 Å². The highest BCUT2D eigenvalue weighted by Gasteiger charge is 2.45. The quantitative estimate of drug-likeness (QED) is 0.125. The van der Waals surface area contributed by atoms with Gasteiger partial charge in [-0.25, -0.2) is 9.59 Å². The fourth-order valence-electron chi connectivity index (χ4n) is 4.22. The maximum atomic E-state index is 13.6. The van der Waals surface area contributed by atoms with Gasteiger partial charge in [-0.15, -0.1) is 0 Å². The summed E-state index contributed by atoms with van der Waals surface area (Å²) in [5, 5.41) is 68.3. The summed E-state index contributed by atoms with van der Waals surface area (Å²) in [5.41, 5.74) is 0.567. The monoisotopic (exact) mass is 538 g/mol. The number of ether oxygens (including phenoxy) is 2. The van der Waals surface area contributed by atoms with Gasteiger partial charge in [0.15, 0.2) is 34.5 Å². The molecule has 0 aromatic heterocycles. The van der Waals surface area contributed by atoms with Crippen molar-refractivity contribution in [1.29, 1.82) is 0 Å². The van der Waals surface area contributed by atoms with Crippen LogP contribution in [0.15, 0.2) is 54.6 Å². The van der Waals surface area contributed by atoms with Crippen LogP contribution >= 0.6 is 0 Å². The average Bonchev–Trinajstić information content (AvgIpc) is 3.29. The number of rotatable bonds is 8. The first-order valence-corrected chi connectivity index (χ1v) is 11.4. The SMILES string of the molecule is O=C(O)C=Cc1ccc(O)c2c1[C@H](C(=O)O[C@@H](Cc1ccc(O)c(O)c1)C(=O)O)[C@@H](c1ccc(O)c(O)c1)O2. The van der Waals surface area contributed by atoms with E-state index in [-0.39, 0.29) is 34.4 Å². The molecule has 1 heterocycles. The third-order valence-electron chi connectivity index (χ3n) is 6.05. The molecule has 7 N–H and O–H groups in total. The Bertz CT molecular complexity index is 1490. The highest BCUT2D eigenvalue weighted by atomic mass is 16.6. The molecule has 1 aliphatic heterocycles. The van der Waals surface area contributed by atoms with Crippen LogP contribution in [-0.4, -0.2) is 59.8 Å². The molecule has 39 heavy (non-hydrogen) atoms. The second-order valence-corrected chi connectivity index (χ2v) is 8.64. The van der Waals surface area contributed by atoms with Crippen molar-refractivity contribution in [3.8, 4) is 34.5 Å². The summed E-state index contributed by atoms with van der Waals surface area (Å²) in [6.45, 7) is 0. The zero-order chi connectivity index (χ0) is 28.4. The number of hydrogen-bond donors (Lipinski definition) is 7. The van der Waals surface area contributed by atoms with E-state index in [1.165, 1.54) is 24.3 Å². The van der Waals surface area contributed by atoms with Gasteiger partial charge >= 0.3 is 17.9 Å². The van der Waals surface area contributed by atoms with Gasteiger partial charge in [0.1, 0.15) is 12.0 Å². The number of hydrogen-bond acceptors (Lipinski definition) is 10. The van der Waals surface area contributed by atoms with Crippen molar-refractivity contribution in [3.63, 3.8) is 0 Å². The van der Waals surface area contributed by atoms with E-state index < -0.39 is 64.8 Å². The van der Waals surface area contributed by atoms with Crippen LogP contribution in [0.4, 0.5) is 0 Å². The minimum absolute atomic E-state index is 0.0153. The lowest BCUT2D eigenvalue weighted by molar-refractivity contribution is -0.166. The number of fused-ring (bicyclic) bond motifs is 1. The number of carbonyl (C=O) groups is 3. The molecule has 0 radical (unpaired) electrons. The Morgan fingerprint density at radius 1 is 0.846 bits per heavy atom. The predicted octanol–water partition coefficient (Wildman–Crippen LogP) is 2.77. The fourth-order valence-corrected chi connectivity index (χ4v) is 4.22. The van der Waals surface area contributed by atoms with Gasteiger partial charge in [-0.2, -0.15) is 0 Å². The number of benzene rings is 3. The van der Waals surface area contributed by atoms with Crippen molar-refractivity contribution >= 4 is 24.0 Å². The molecule has 12 nitrogen and oxygen atoms in total. The molecule has 3 aromatic rings. The summed E-state index contributed by atoms with van der Waals surface area (Å²) in [6, 6.07) is 9.74. The van der Waals surface area contributed by atoms with E-state index in [1.54, 1.807) is 0 Å². The van der Waals surface area contributed by atoms with Gasteiger partial charge in [-0.3, -0.25) is 4.79 Å². The summed E-state index contributed by atoms with van der Waals surface area (Å²) >= 11 is 0. The lowest BCUT2D eigenvalue weighted by Crippen LogP contribution is -2.32. The average molecular weight is 538 g/mol. The number of aromatic hydroxyl groups is 5. The zero-order valence-corrected chi connectivity index (χ0v) is 19.9. The second kappa shape index (κ2) is 10.5. The van der Waals surface area contributed by atoms with Gasteiger partial charge in [0, 0.05) is 18.1 Å². The third-order valence-corrected chi connectivity index (χ3v) is 6.05. The predicted molar refractivity (Wildman–Crippen MR) is 132 cm³/mol. The normalized spacial score (nSPS) is 16.8. The maximum absolute atomic E-state index is 13.6. The first kappa shape index (κ1) is 26.7. The summed E-state index contributed by atoms with van der Waals surface area (Å²) in [5.74, 6) is -7.87. The number of aliphatic carboxylic acids is 2. The van der Waals surface area contributed by atoms with Crippen LogP contribution in [0.25, 0.3) is 6.08 Å². The van der Waals surface area contributed by atoms with Gasteiger partial charge in [0.05, 0.1) is 0 Å². The first-order valence-electron chi connectivity index (χ1n) is 11.4. The van der Waals surface area contributed by atoms with Gasteiger partial charge in [0.25, 0.3) is 0 Å². The molecule has 0 amide bonds. The van der Waals surface area contributed by atoms with Crippen molar-refractivity contribution < 1.29 is 59.6 Å². The summed E-state index contributed by atoms with van der Waals surface area (Å²) < 4.78 is 11.2. The van der Waals surface area contributed by atoms with Crippen molar-refractivity contribution in [2.45, 2.75) is 24.5 Å². The number of phenolic OH excluding ortho intramolecular Hbond substituents is 5. The van der Waals surface area contributed by atoms with E-state index in [1.807, 2.05) is 0 Å². The van der Waals surface area contributed by atoms with Crippen LogP contribution in [0.1, 0.15) is 34.3 Å². The van der Waals surface area contributed by atoms with E-state index in [2.05, 4.69) is 0 Å². The summed E-state index contributed by atoms with van der Waals surface area (Å²) in [7, 11) is 0. The van der Waals surface area contributed by atoms with Crippen molar-refractivity contribution in [1.82, 2.24) is 0 Å². The highest BCUT2D eigenvalue weighted by molar-refractivity contribution is 5.90. The van der Waals surface area contributed by atoms with Crippen LogP contribution < -0.4 is 4.74 Å². The third kappa shape index (κ3) is 5.49. The van der Waals surface area contributed by atoms with E-state index in [4.69, 9.17) is 14.6 Å². The number of carbonyl (C=O) groups excluding carboxylic acids is 1. The van der Waals surface area contributed by atoms with Gasteiger partial charge < -0.3 is 45.2 Å². The molecule has 4 rings (SSSR count). The number of phenols is 5. The summed E-state index contributed by atoms with van der Waals surface area (Å²) in [6.07, 6.45) is -1.46. The Balaban J connectivity index is 1.77. The molecule has 0 saturated carbocycles. The molecular weight excluding hydrogens is 516 g/mol. The Labute approximate surface area is 219 Å². The van der Waals surface area contributed by atoms with Crippen molar-refractivity contribution in [3.05, 3.63) is 76.9 Å². The van der Waals surface area contributed by atoms with Crippen LogP contribution in [0, 0.1) is 0 Å². The zero-order valence-electron chi connectivity index (χ0n) is 19.9. The van der Waals surface area contributed by atoms with Gasteiger partial charge in [-0.05, 0) is 53.1 Å². The minimum Gasteiger partial charge on any atom is -0.504 e. The van der Waals surface area contributed by atoms with E-state index in [0.29, 0.717) is 0 Å². The Kier molecular flexibility index (Phi) is 7.20. The number of carboxylic acid groups (broad SMARTS) is 2. The Hall–Kier alpha value is -5.39. The highest BCUT2D eigenvalue weighted by Crippen LogP contribution is 2.53. The Morgan fingerprint density at radius 2 is 1.49 bits per heavy atom. The molecule has 0 spiro atoms. The first-order chi connectivity index (χ1) is 18.5. The number of esters is 1. The molecule has 0 aliphatic carbocycles. The maximum Gasteiger partial charge on any atom is 0.345 e. The van der Waals surface area contributed by atoms with Crippen LogP contribution in [0.5, 0.6) is 34.5 Å². The van der Waals surface area contributed by atoms with Crippen LogP contribution in [-0.2, 0) is 25.5 Å². The standard InChI is InChI=1S/C27H22O12/c28-15-5-1-12(9-18(15)31)10-20(26(35)36)38-27(37)23-22-13(4-8-21(33)34)2-7-17(30)25(22)39-24(23)14-3-6-16(29)19(32)11-14/h1-9,11,20,23-24,28-32H,10H2,(H,33,34)(H,35,36)/t20-,23-,24+/m0/s1. The van der Waals surface area contributed by atoms with Crippen molar-refractivity contribution in [2.75, 3.05) is 0 Å². The van der Waals surface area contributed by atoms with E-state index in [0.717, 1.165) is 36.4 Å². The molecule has 0 saturated heterocycles. The largest absolute Gasteiger partial charge is 0.504 e. The molecule has 0 unspecified atom stereocenters. The molecular formula is C27H22O12. The van der Waals surface area contributed by atoms with E-state index >= 15 is 0 Å². The minimum atomic E-state index is -1.75. The second-order valence-electron chi connectivity index (χ2n) is 8.64. The molecule has 3 aromatic carbocycles. The number of carboxylic acids is 2. The Morgan fingerprint density at radius 3 is 2.10 bits per heavy atom.